The first-order valence-electron chi connectivity index (χ1n) is 10.6. The topological polar surface area (TPSA) is 89.4 Å². The van der Waals surface area contributed by atoms with Crippen LogP contribution in [-0.2, 0) is 20.1 Å². The Bertz CT molecular complexity index is 1270. The summed E-state index contributed by atoms with van der Waals surface area (Å²) < 4.78 is 6.23. The number of carbonyl (C=O) groups is 1. The van der Waals surface area contributed by atoms with Crippen LogP contribution < -0.4 is 0 Å². The molecular weight excluding hydrogens is 474 g/mol. The molecule has 10 nitrogen and oxygen atoms in total. The first-order valence-corrected chi connectivity index (χ1v) is 11.4. The van der Waals surface area contributed by atoms with Gasteiger partial charge in [0.2, 0.25) is 0 Å². The highest BCUT2D eigenvalue weighted by Gasteiger charge is 2.25. The zero-order chi connectivity index (χ0) is 22.2. The van der Waals surface area contributed by atoms with Crippen LogP contribution in [0.25, 0.3) is 17.0 Å². The van der Waals surface area contributed by atoms with Gasteiger partial charge in [-0.05, 0) is 28.9 Å². The van der Waals surface area contributed by atoms with Gasteiger partial charge in [-0.15, -0.1) is 0 Å². The van der Waals surface area contributed by atoms with Gasteiger partial charge in [-0.25, -0.2) is 9.50 Å². The predicted molar refractivity (Wildman–Crippen MR) is 122 cm³/mol. The molecule has 1 saturated heterocycles. The molecule has 0 saturated carbocycles. The summed E-state index contributed by atoms with van der Waals surface area (Å²) in [5.74, 6) is -0.0689. The fourth-order valence-corrected chi connectivity index (χ4v) is 4.51. The maximum absolute atomic E-state index is 13.2. The second-order valence-corrected chi connectivity index (χ2v) is 8.76. The van der Waals surface area contributed by atoms with Crippen LogP contribution in [0.15, 0.2) is 41.4 Å². The molecule has 0 N–H and O–H groups in total. The number of nitrogens with zero attached hydrogens (tertiary/aromatic N) is 9. The maximum atomic E-state index is 13.2. The minimum Gasteiger partial charge on any atom is -0.335 e. The van der Waals surface area contributed by atoms with Crippen LogP contribution in [0.2, 0.25) is 0 Å². The summed E-state index contributed by atoms with van der Waals surface area (Å²) in [6.45, 7) is 6.61. The van der Waals surface area contributed by atoms with E-state index in [9.17, 15) is 4.79 Å². The first-order chi connectivity index (χ1) is 15.5. The van der Waals surface area contributed by atoms with E-state index in [-0.39, 0.29) is 5.91 Å². The molecule has 5 heterocycles. The fourth-order valence-electron chi connectivity index (χ4n) is 3.99. The van der Waals surface area contributed by atoms with E-state index in [0.29, 0.717) is 24.4 Å². The first kappa shape index (κ1) is 20.8. The summed E-state index contributed by atoms with van der Waals surface area (Å²) in [6.07, 6.45) is 7.57. The summed E-state index contributed by atoms with van der Waals surface area (Å²) in [6, 6.07) is 3.61. The summed E-state index contributed by atoms with van der Waals surface area (Å²) >= 11 is 3.58. The second-order valence-electron chi connectivity index (χ2n) is 7.90. The van der Waals surface area contributed by atoms with E-state index in [1.54, 1.807) is 16.8 Å². The lowest BCUT2D eigenvalue weighted by atomic mass is 10.2. The van der Waals surface area contributed by atoms with Gasteiger partial charge in [-0.3, -0.25) is 19.1 Å². The molecule has 0 unspecified atom stereocenters. The highest BCUT2D eigenvalue weighted by atomic mass is 79.9. The minimum absolute atomic E-state index is 0.0689. The van der Waals surface area contributed by atoms with E-state index in [4.69, 9.17) is 0 Å². The van der Waals surface area contributed by atoms with E-state index < -0.39 is 0 Å². The van der Waals surface area contributed by atoms with Gasteiger partial charge < -0.3 is 4.90 Å². The number of carbonyl (C=O) groups excluding carboxylic acids is 1. The lowest BCUT2D eigenvalue weighted by Gasteiger charge is -2.34. The second kappa shape index (κ2) is 8.47. The molecule has 1 aliphatic heterocycles. The highest BCUT2D eigenvalue weighted by molar-refractivity contribution is 9.10. The lowest BCUT2D eigenvalue weighted by Crippen LogP contribution is -2.48. The summed E-state index contributed by atoms with van der Waals surface area (Å²) in [7, 11) is 1.92. The number of rotatable bonds is 5. The monoisotopic (exact) mass is 497 g/mol. The molecule has 0 spiro atoms. The molecule has 0 atom stereocenters. The van der Waals surface area contributed by atoms with Crippen LogP contribution >= 0.6 is 15.9 Å². The fraction of sp³-hybridized carbons (Fsp3) is 0.381. The molecule has 1 fully saturated rings. The Morgan fingerprint density at radius 3 is 2.66 bits per heavy atom. The third-order valence-electron chi connectivity index (χ3n) is 5.68. The van der Waals surface area contributed by atoms with Crippen LogP contribution in [-0.4, -0.2) is 76.0 Å². The van der Waals surface area contributed by atoms with Crippen LogP contribution in [0.5, 0.6) is 0 Å². The Hall–Kier alpha value is -3.05. The molecule has 11 heteroatoms. The van der Waals surface area contributed by atoms with Crippen molar-refractivity contribution in [2.45, 2.75) is 20.0 Å². The summed E-state index contributed by atoms with van der Waals surface area (Å²) in [5, 5.41) is 13.4. The van der Waals surface area contributed by atoms with Crippen molar-refractivity contribution < 1.29 is 4.79 Å². The molecule has 0 bridgehead atoms. The van der Waals surface area contributed by atoms with Crippen LogP contribution in [0.3, 0.4) is 0 Å². The quantitative estimate of drug-likeness (QED) is 0.419. The van der Waals surface area contributed by atoms with Gasteiger partial charge in [0.1, 0.15) is 5.69 Å². The number of fused-ring (bicyclic) bond motifs is 1. The molecule has 1 aliphatic rings. The van der Waals surface area contributed by atoms with Crippen LogP contribution in [0.4, 0.5) is 0 Å². The van der Waals surface area contributed by atoms with Crippen molar-refractivity contribution >= 4 is 27.5 Å². The molecule has 0 aromatic carbocycles. The molecule has 0 aliphatic carbocycles. The molecule has 0 radical (unpaired) electrons. The lowest BCUT2D eigenvalue weighted by molar-refractivity contribution is 0.0622. The smallest absolute Gasteiger partial charge is 0.274 e. The normalized spacial score (nSPS) is 15.0. The zero-order valence-electron chi connectivity index (χ0n) is 18.0. The zero-order valence-corrected chi connectivity index (χ0v) is 19.6. The average Bonchev–Trinajstić information content (AvgIpc) is 3.51. The molecule has 166 valence electrons. The maximum Gasteiger partial charge on any atom is 0.274 e. The van der Waals surface area contributed by atoms with E-state index >= 15 is 0 Å². The van der Waals surface area contributed by atoms with Crippen molar-refractivity contribution in [2.24, 2.45) is 7.05 Å². The van der Waals surface area contributed by atoms with Crippen molar-refractivity contribution in [3.63, 3.8) is 0 Å². The highest BCUT2D eigenvalue weighted by Crippen LogP contribution is 2.27. The van der Waals surface area contributed by atoms with Crippen molar-refractivity contribution in [1.29, 1.82) is 0 Å². The van der Waals surface area contributed by atoms with Gasteiger partial charge in [-0.1, -0.05) is 0 Å². The third kappa shape index (κ3) is 3.93. The standard InChI is InChI=1S/C21H24BrN9O/c1-3-30-14-16(22)20(26-30)18-4-5-23-19-10-17(25-31(18)19)21(32)29-8-6-28(7-9-29)13-15-11-24-27(2)12-15/h4-5,10-12,14H,3,6-9,13H2,1-2H3. The van der Waals surface area contributed by atoms with Crippen molar-refractivity contribution in [3.05, 3.63) is 52.7 Å². The number of aryl methyl sites for hydroxylation is 2. The van der Waals surface area contributed by atoms with Crippen LogP contribution in [0, 0.1) is 0 Å². The molecule has 32 heavy (non-hydrogen) atoms. The van der Waals surface area contributed by atoms with Gasteiger partial charge in [0.25, 0.3) is 5.91 Å². The molecule has 5 rings (SSSR count). The van der Waals surface area contributed by atoms with Crippen molar-refractivity contribution in [1.82, 2.24) is 44.0 Å². The SMILES string of the molecule is CCn1cc(Br)c(-c2ccnc3cc(C(=O)N4CCN(Cc5cnn(C)c5)CC4)nn23)n1. The number of piperazine rings is 1. The van der Waals surface area contributed by atoms with E-state index in [0.717, 1.165) is 42.0 Å². The largest absolute Gasteiger partial charge is 0.335 e. The Morgan fingerprint density at radius 1 is 1.16 bits per heavy atom. The Morgan fingerprint density at radius 2 is 1.97 bits per heavy atom. The average molecular weight is 498 g/mol. The number of hydrogen-bond acceptors (Lipinski definition) is 6. The van der Waals surface area contributed by atoms with Crippen molar-refractivity contribution in [2.75, 3.05) is 26.2 Å². The van der Waals surface area contributed by atoms with Gasteiger partial charge in [-0.2, -0.15) is 15.3 Å². The third-order valence-corrected chi connectivity index (χ3v) is 6.27. The Kier molecular flexibility index (Phi) is 5.51. The molecule has 4 aromatic rings. The molecule has 1 amide bonds. The van der Waals surface area contributed by atoms with E-state index in [1.807, 2.05) is 52.9 Å². The van der Waals surface area contributed by atoms with Crippen molar-refractivity contribution in [3.8, 4) is 11.4 Å². The summed E-state index contributed by atoms with van der Waals surface area (Å²) in [4.78, 5) is 21.8. The number of halogens is 1. The Labute approximate surface area is 193 Å². The van der Waals surface area contributed by atoms with Gasteiger partial charge in [0.15, 0.2) is 11.3 Å². The number of amides is 1. The molecule has 4 aromatic heterocycles. The van der Waals surface area contributed by atoms with Gasteiger partial charge >= 0.3 is 0 Å². The number of hydrogen-bond donors (Lipinski definition) is 0. The van der Waals surface area contributed by atoms with E-state index in [1.165, 1.54) is 5.56 Å². The predicted octanol–water partition coefficient (Wildman–Crippen LogP) is 2.07. The molecular formula is C21H24BrN9O. The Balaban J connectivity index is 1.33. The van der Waals surface area contributed by atoms with Crippen LogP contribution in [0.1, 0.15) is 23.0 Å². The van der Waals surface area contributed by atoms with Gasteiger partial charge in [0.05, 0.1) is 16.4 Å². The minimum atomic E-state index is -0.0689. The number of aromatic nitrogens is 7. The summed E-state index contributed by atoms with van der Waals surface area (Å²) in [5.41, 5.74) is 3.76. The van der Waals surface area contributed by atoms with E-state index in [2.05, 4.69) is 41.1 Å². The van der Waals surface area contributed by atoms with Gasteiger partial charge in [0, 0.05) is 76.5 Å².